The summed E-state index contributed by atoms with van der Waals surface area (Å²) in [6, 6.07) is 0. The maximum absolute atomic E-state index is 12.2. The van der Waals surface area contributed by atoms with E-state index in [0.717, 1.165) is 7.05 Å². The van der Waals surface area contributed by atoms with E-state index in [1.165, 1.54) is 7.05 Å². The fourth-order valence-corrected chi connectivity index (χ4v) is 1.50. The second kappa shape index (κ2) is 10.6. The van der Waals surface area contributed by atoms with Gasteiger partial charge in [0.15, 0.2) is 5.96 Å². The second-order valence-corrected chi connectivity index (χ2v) is 5.94. The van der Waals surface area contributed by atoms with Crippen molar-refractivity contribution in [3.8, 4) is 0 Å². The summed E-state index contributed by atoms with van der Waals surface area (Å²) in [5.41, 5.74) is -0.383. The van der Waals surface area contributed by atoms with Crippen molar-refractivity contribution in [1.82, 2.24) is 20.9 Å². The van der Waals surface area contributed by atoms with E-state index in [4.69, 9.17) is 0 Å². The Morgan fingerprint density at radius 3 is 2.00 bits per heavy atom. The number of hydrogen-bond acceptors (Lipinski definition) is 3. The molecule has 0 aliphatic rings. The van der Waals surface area contributed by atoms with Gasteiger partial charge in [-0.25, -0.2) is 0 Å². The van der Waals surface area contributed by atoms with Gasteiger partial charge in [-0.1, -0.05) is 0 Å². The normalized spacial score (nSPS) is 12.1. The van der Waals surface area contributed by atoms with E-state index in [0.29, 0.717) is 4.90 Å². The Labute approximate surface area is 156 Å². The van der Waals surface area contributed by atoms with Crippen molar-refractivity contribution < 1.29 is 22.8 Å². The maximum atomic E-state index is 12.2. The Morgan fingerprint density at radius 1 is 1.08 bits per heavy atom. The van der Waals surface area contributed by atoms with Crippen LogP contribution in [-0.4, -0.2) is 68.1 Å². The molecule has 0 radical (unpaired) electrons. The fourth-order valence-electron chi connectivity index (χ4n) is 1.50. The number of carbonyl (C=O) groups excluding carboxylic acids is 2. The van der Waals surface area contributed by atoms with Crippen LogP contribution in [0.1, 0.15) is 20.8 Å². The highest BCUT2D eigenvalue weighted by Crippen LogP contribution is 2.15. The lowest BCUT2D eigenvalue weighted by atomic mass is 10.1. The molecule has 0 bridgehead atoms. The van der Waals surface area contributed by atoms with E-state index in [1.54, 1.807) is 0 Å². The van der Waals surface area contributed by atoms with Crippen molar-refractivity contribution in [1.29, 1.82) is 0 Å². The highest BCUT2D eigenvalue weighted by Gasteiger charge is 2.31. The number of likely N-dealkylation sites (N-methyl/N-ethyl adjacent to an activating group) is 1. The van der Waals surface area contributed by atoms with Crippen LogP contribution >= 0.6 is 24.0 Å². The topological polar surface area (TPSA) is 85.8 Å². The predicted molar refractivity (Wildman–Crippen MR) is 96.4 cm³/mol. The predicted octanol–water partition coefficient (Wildman–Crippen LogP) is 0.705. The first-order valence-electron chi connectivity index (χ1n) is 6.90. The van der Waals surface area contributed by atoms with E-state index in [9.17, 15) is 22.8 Å². The van der Waals surface area contributed by atoms with Crippen LogP contribution in [0.2, 0.25) is 0 Å². The molecule has 0 aromatic heterocycles. The van der Waals surface area contributed by atoms with Crippen molar-refractivity contribution in [2.75, 3.05) is 33.7 Å². The Morgan fingerprint density at radius 2 is 1.58 bits per heavy atom. The average molecular weight is 467 g/mol. The van der Waals surface area contributed by atoms with Crippen LogP contribution in [-0.2, 0) is 9.59 Å². The quantitative estimate of drug-likeness (QED) is 0.316. The molecule has 0 heterocycles. The minimum absolute atomic E-state index is 0. The largest absolute Gasteiger partial charge is 0.406 e. The molecule has 142 valence electrons. The number of nitrogens with zero attached hydrogens (tertiary/aromatic N) is 2. The molecule has 2 amide bonds. The van der Waals surface area contributed by atoms with E-state index >= 15 is 0 Å². The third kappa shape index (κ3) is 13.2. The van der Waals surface area contributed by atoms with Crippen molar-refractivity contribution in [3.05, 3.63) is 0 Å². The molecule has 0 fully saturated rings. The Kier molecular flexibility index (Phi) is 11.0. The number of halogens is 4. The first-order chi connectivity index (χ1) is 10.3. The standard InChI is InChI=1S/C13H24F3N5O2.HI/c1-12(2,3)20-9(22)6-18-11(17-4)19-7-10(23)21(5)8-13(14,15)16;/h6-8H2,1-5H3,(H,20,22)(H2,17,18,19);1H. The van der Waals surface area contributed by atoms with Crippen LogP contribution < -0.4 is 16.0 Å². The number of guanidine groups is 1. The van der Waals surface area contributed by atoms with Crippen molar-refractivity contribution >= 4 is 41.8 Å². The lowest BCUT2D eigenvalue weighted by Gasteiger charge is -2.21. The summed E-state index contributed by atoms with van der Waals surface area (Å²) < 4.78 is 36.5. The molecule has 0 atom stereocenters. The lowest BCUT2D eigenvalue weighted by molar-refractivity contribution is -0.157. The Balaban J connectivity index is 0. The summed E-state index contributed by atoms with van der Waals surface area (Å²) >= 11 is 0. The molecule has 0 unspecified atom stereocenters. The number of hydrogen-bond donors (Lipinski definition) is 3. The third-order valence-corrected chi connectivity index (χ3v) is 2.40. The summed E-state index contributed by atoms with van der Waals surface area (Å²) in [5, 5.41) is 7.95. The van der Waals surface area contributed by atoms with Gasteiger partial charge in [0.05, 0.1) is 13.1 Å². The van der Waals surface area contributed by atoms with Crippen LogP contribution in [0.15, 0.2) is 4.99 Å². The number of rotatable bonds is 5. The zero-order valence-electron chi connectivity index (χ0n) is 14.4. The Bertz CT molecular complexity index is 450. The van der Waals surface area contributed by atoms with Gasteiger partial charge in [-0.05, 0) is 20.8 Å². The summed E-state index contributed by atoms with van der Waals surface area (Å²) in [6.07, 6.45) is -4.45. The van der Waals surface area contributed by atoms with Gasteiger partial charge >= 0.3 is 6.18 Å². The minimum atomic E-state index is -4.45. The first-order valence-corrected chi connectivity index (χ1v) is 6.90. The summed E-state index contributed by atoms with van der Waals surface area (Å²) in [6.45, 7) is 3.71. The lowest BCUT2D eigenvalue weighted by Crippen LogP contribution is -2.50. The molecule has 0 aliphatic heterocycles. The molecule has 0 rings (SSSR count). The van der Waals surface area contributed by atoms with Crippen molar-refractivity contribution in [3.63, 3.8) is 0 Å². The van der Waals surface area contributed by atoms with E-state index < -0.39 is 18.6 Å². The van der Waals surface area contributed by atoms with Gasteiger partial charge in [-0.3, -0.25) is 14.6 Å². The van der Waals surface area contributed by atoms with Gasteiger partial charge in [0.1, 0.15) is 6.54 Å². The molecule has 0 spiro atoms. The van der Waals surface area contributed by atoms with Crippen LogP contribution in [0.3, 0.4) is 0 Å². The van der Waals surface area contributed by atoms with Crippen LogP contribution in [0, 0.1) is 0 Å². The highest BCUT2D eigenvalue weighted by molar-refractivity contribution is 14.0. The number of amides is 2. The average Bonchev–Trinajstić information content (AvgIpc) is 2.34. The fraction of sp³-hybridized carbons (Fsp3) is 0.769. The molecule has 0 saturated heterocycles. The maximum Gasteiger partial charge on any atom is 0.406 e. The molecule has 0 aromatic rings. The van der Waals surface area contributed by atoms with Gasteiger partial charge in [-0.2, -0.15) is 13.2 Å². The summed E-state index contributed by atoms with van der Waals surface area (Å²) in [4.78, 5) is 27.5. The van der Waals surface area contributed by atoms with Crippen LogP contribution in [0.25, 0.3) is 0 Å². The SMILES string of the molecule is CN=C(NCC(=O)NC(C)(C)C)NCC(=O)N(C)CC(F)(F)F.I. The van der Waals surface area contributed by atoms with Crippen LogP contribution in [0.4, 0.5) is 13.2 Å². The number of nitrogens with one attached hydrogen (secondary N) is 3. The molecule has 11 heteroatoms. The molecule has 24 heavy (non-hydrogen) atoms. The number of aliphatic imine (C=N–C) groups is 1. The van der Waals surface area contributed by atoms with Gasteiger partial charge in [-0.15, -0.1) is 24.0 Å². The first kappa shape index (κ1) is 25.0. The van der Waals surface area contributed by atoms with Gasteiger partial charge in [0.2, 0.25) is 11.8 Å². The van der Waals surface area contributed by atoms with Gasteiger partial charge in [0.25, 0.3) is 0 Å². The molecule has 7 nitrogen and oxygen atoms in total. The molecular weight excluding hydrogens is 442 g/mol. The molecule has 0 saturated carbocycles. The van der Waals surface area contributed by atoms with Gasteiger partial charge in [0, 0.05) is 19.6 Å². The summed E-state index contributed by atoms with van der Waals surface area (Å²) in [5.74, 6) is -0.881. The van der Waals surface area contributed by atoms with Crippen LogP contribution in [0.5, 0.6) is 0 Å². The Hall–Kier alpha value is -1.27. The zero-order chi connectivity index (χ0) is 18.3. The molecule has 0 aliphatic carbocycles. The smallest absolute Gasteiger partial charge is 0.350 e. The third-order valence-electron chi connectivity index (χ3n) is 2.40. The van der Waals surface area contributed by atoms with E-state index in [1.807, 2.05) is 20.8 Å². The van der Waals surface area contributed by atoms with E-state index in [2.05, 4.69) is 20.9 Å². The number of alkyl halides is 3. The molecular formula is C13H25F3IN5O2. The monoisotopic (exact) mass is 467 g/mol. The highest BCUT2D eigenvalue weighted by atomic mass is 127. The van der Waals surface area contributed by atoms with Gasteiger partial charge < -0.3 is 20.9 Å². The minimum Gasteiger partial charge on any atom is -0.350 e. The molecule has 3 N–H and O–H groups in total. The molecule has 0 aromatic carbocycles. The summed E-state index contributed by atoms with van der Waals surface area (Å²) in [7, 11) is 2.48. The van der Waals surface area contributed by atoms with E-state index in [-0.39, 0.29) is 54.5 Å². The zero-order valence-corrected chi connectivity index (χ0v) is 16.7. The number of carbonyl (C=O) groups is 2. The second-order valence-electron chi connectivity index (χ2n) is 5.94. The van der Waals surface area contributed by atoms with Crippen molar-refractivity contribution in [2.45, 2.75) is 32.5 Å². The van der Waals surface area contributed by atoms with Crippen molar-refractivity contribution in [2.24, 2.45) is 4.99 Å².